The third-order valence-electron chi connectivity index (χ3n) is 3.04. The van der Waals surface area contributed by atoms with Gasteiger partial charge in [0.05, 0.1) is 0 Å². The number of carbonyl (C=O) groups is 3. The average Bonchev–Trinajstić information content (AvgIpc) is 2.46. The molecule has 128 valence electrons. The van der Waals surface area contributed by atoms with Gasteiger partial charge in [0.1, 0.15) is 17.7 Å². The van der Waals surface area contributed by atoms with Crippen molar-refractivity contribution in [2.24, 2.45) is 5.92 Å². The van der Waals surface area contributed by atoms with Gasteiger partial charge in [0.15, 0.2) is 0 Å². The third kappa shape index (κ3) is 9.14. The van der Waals surface area contributed by atoms with Crippen LogP contribution < -0.4 is 10.6 Å². The predicted octanol–water partition coefficient (Wildman–Crippen LogP) is 0.854. The molecule has 1 atom stereocenters. The number of carboxylic acids is 2. The molecule has 0 radical (unpaired) electrons. The van der Waals surface area contributed by atoms with E-state index in [4.69, 9.17) is 15.5 Å². The molecule has 0 aliphatic carbocycles. The fourth-order valence-electron chi connectivity index (χ4n) is 1.74. The summed E-state index contributed by atoms with van der Waals surface area (Å²) in [5, 5.41) is 31.6. The molecule has 0 aromatic rings. The van der Waals surface area contributed by atoms with Crippen molar-refractivity contribution in [1.82, 2.24) is 10.6 Å². The largest absolute Gasteiger partial charge is 0.481 e. The molecular weight excluding hydrogens is 302 g/mol. The SMILES string of the molecule is CC(C)C(NC(=O)/C(C#N)=C\NCCCCCC(=O)O)C(=O)O. The maximum absolute atomic E-state index is 11.9. The van der Waals surface area contributed by atoms with E-state index in [1.165, 1.54) is 6.20 Å². The van der Waals surface area contributed by atoms with Gasteiger partial charge in [-0.05, 0) is 18.8 Å². The highest BCUT2D eigenvalue weighted by molar-refractivity contribution is 5.99. The van der Waals surface area contributed by atoms with Crippen molar-refractivity contribution in [3.63, 3.8) is 0 Å². The number of nitriles is 1. The molecule has 23 heavy (non-hydrogen) atoms. The first kappa shape index (κ1) is 20.4. The predicted molar refractivity (Wildman–Crippen MR) is 82.2 cm³/mol. The Labute approximate surface area is 135 Å². The Morgan fingerprint density at radius 2 is 1.83 bits per heavy atom. The number of hydrogen-bond acceptors (Lipinski definition) is 5. The van der Waals surface area contributed by atoms with Gasteiger partial charge in [-0.3, -0.25) is 9.59 Å². The van der Waals surface area contributed by atoms with Crippen LogP contribution in [0.25, 0.3) is 0 Å². The molecule has 0 saturated carbocycles. The lowest BCUT2D eigenvalue weighted by Gasteiger charge is -2.17. The highest BCUT2D eigenvalue weighted by atomic mass is 16.4. The lowest BCUT2D eigenvalue weighted by Crippen LogP contribution is -2.44. The number of carbonyl (C=O) groups excluding carboxylic acids is 1. The van der Waals surface area contributed by atoms with Crippen molar-refractivity contribution in [2.75, 3.05) is 6.54 Å². The van der Waals surface area contributed by atoms with Crippen LogP contribution in [0.1, 0.15) is 39.5 Å². The molecule has 0 heterocycles. The number of nitrogens with one attached hydrogen (secondary N) is 2. The molecule has 0 spiro atoms. The zero-order chi connectivity index (χ0) is 17.8. The summed E-state index contributed by atoms with van der Waals surface area (Å²) >= 11 is 0. The highest BCUT2D eigenvalue weighted by Crippen LogP contribution is 2.03. The summed E-state index contributed by atoms with van der Waals surface area (Å²) in [7, 11) is 0. The van der Waals surface area contributed by atoms with Crippen molar-refractivity contribution >= 4 is 17.8 Å². The number of carboxylic acid groups (broad SMARTS) is 2. The summed E-state index contributed by atoms with van der Waals surface area (Å²) in [6.07, 6.45) is 3.35. The molecule has 0 aliphatic rings. The Hall–Kier alpha value is -2.56. The number of aliphatic carboxylic acids is 2. The van der Waals surface area contributed by atoms with Crippen LogP contribution >= 0.6 is 0 Å². The summed E-state index contributed by atoms with van der Waals surface area (Å²) in [5.41, 5.74) is -0.206. The minimum Gasteiger partial charge on any atom is -0.481 e. The Balaban J connectivity index is 4.31. The average molecular weight is 325 g/mol. The summed E-state index contributed by atoms with van der Waals surface area (Å²) in [6.45, 7) is 3.80. The first-order chi connectivity index (χ1) is 10.8. The molecule has 8 heteroatoms. The van der Waals surface area contributed by atoms with Crippen LogP contribution in [-0.2, 0) is 14.4 Å². The first-order valence-corrected chi connectivity index (χ1v) is 7.38. The molecule has 0 aromatic heterocycles. The molecule has 8 nitrogen and oxygen atoms in total. The Bertz CT molecular complexity index is 494. The minimum absolute atomic E-state index is 0.119. The summed E-state index contributed by atoms with van der Waals surface area (Å²) in [5.74, 6) is -3.04. The molecule has 0 aromatic carbocycles. The van der Waals surface area contributed by atoms with E-state index in [0.717, 1.165) is 6.42 Å². The van der Waals surface area contributed by atoms with Gasteiger partial charge < -0.3 is 20.8 Å². The second kappa shape index (κ2) is 11.1. The molecule has 0 saturated heterocycles. The van der Waals surface area contributed by atoms with E-state index in [1.54, 1.807) is 19.9 Å². The van der Waals surface area contributed by atoms with Crippen molar-refractivity contribution < 1.29 is 24.6 Å². The van der Waals surface area contributed by atoms with Crippen molar-refractivity contribution in [3.05, 3.63) is 11.8 Å². The first-order valence-electron chi connectivity index (χ1n) is 7.38. The van der Waals surface area contributed by atoms with Gasteiger partial charge in [0.25, 0.3) is 5.91 Å². The van der Waals surface area contributed by atoms with Crippen LogP contribution in [0.5, 0.6) is 0 Å². The minimum atomic E-state index is -1.16. The molecule has 4 N–H and O–H groups in total. The van der Waals surface area contributed by atoms with Crippen LogP contribution in [-0.4, -0.2) is 40.6 Å². The van der Waals surface area contributed by atoms with E-state index in [9.17, 15) is 14.4 Å². The lowest BCUT2D eigenvalue weighted by molar-refractivity contribution is -0.142. The number of amides is 1. The topological polar surface area (TPSA) is 140 Å². The molecule has 0 rings (SSSR count). The Morgan fingerprint density at radius 1 is 1.17 bits per heavy atom. The fraction of sp³-hybridized carbons (Fsp3) is 0.600. The van der Waals surface area contributed by atoms with Gasteiger partial charge in [-0.1, -0.05) is 20.3 Å². The van der Waals surface area contributed by atoms with Gasteiger partial charge >= 0.3 is 11.9 Å². The highest BCUT2D eigenvalue weighted by Gasteiger charge is 2.24. The molecule has 0 bridgehead atoms. The van der Waals surface area contributed by atoms with Gasteiger partial charge in [-0.2, -0.15) is 5.26 Å². The van der Waals surface area contributed by atoms with Gasteiger partial charge in [-0.15, -0.1) is 0 Å². The second-order valence-electron chi connectivity index (χ2n) is 5.36. The Morgan fingerprint density at radius 3 is 2.30 bits per heavy atom. The zero-order valence-corrected chi connectivity index (χ0v) is 13.3. The van der Waals surface area contributed by atoms with Crippen molar-refractivity contribution in [2.45, 2.75) is 45.6 Å². The molecular formula is C15H23N3O5. The molecule has 0 fully saturated rings. The molecule has 0 aliphatic heterocycles. The number of rotatable bonds is 11. The smallest absolute Gasteiger partial charge is 0.326 e. The second-order valence-corrected chi connectivity index (χ2v) is 5.36. The number of nitrogens with zero attached hydrogens (tertiary/aromatic N) is 1. The normalized spacial score (nSPS) is 12.3. The summed E-state index contributed by atoms with van der Waals surface area (Å²) in [4.78, 5) is 33.2. The maximum Gasteiger partial charge on any atom is 0.326 e. The van der Waals surface area contributed by atoms with Crippen LogP contribution in [0.15, 0.2) is 11.8 Å². The van der Waals surface area contributed by atoms with Gasteiger partial charge in [0, 0.05) is 19.2 Å². The quantitative estimate of drug-likeness (QED) is 0.251. The Kier molecular flexibility index (Phi) is 9.83. The fourth-order valence-corrected chi connectivity index (χ4v) is 1.74. The van der Waals surface area contributed by atoms with Crippen LogP contribution in [0.3, 0.4) is 0 Å². The summed E-state index contributed by atoms with van der Waals surface area (Å²) < 4.78 is 0. The van der Waals surface area contributed by atoms with E-state index in [0.29, 0.717) is 19.4 Å². The van der Waals surface area contributed by atoms with Crippen molar-refractivity contribution in [3.8, 4) is 6.07 Å². The third-order valence-corrected chi connectivity index (χ3v) is 3.04. The molecule has 1 unspecified atom stereocenters. The van der Waals surface area contributed by atoms with E-state index in [1.807, 2.05) is 0 Å². The van der Waals surface area contributed by atoms with E-state index in [-0.39, 0.29) is 17.9 Å². The van der Waals surface area contributed by atoms with Gasteiger partial charge in [-0.25, -0.2) is 4.79 Å². The molecule has 1 amide bonds. The monoisotopic (exact) mass is 325 g/mol. The van der Waals surface area contributed by atoms with E-state index >= 15 is 0 Å². The summed E-state index contributed by atoms with van der Waals surface area (Å²) in [6, 6.07) is 0.658. The van der Waals surface area contributed by atoms with Crippen LogP contribution in [0.4, 0.5) is 0 Å². The van der Waals surface area contributed by atoms with E-state index in [2.05, 4.69) is 10.6 Å². The number of unbranched alkanes of at least 4 members (excludes halogenated alkanes) is 2. The van der Waals surface area contributed by atoms with Crippen LogP contribution in [0, 0.1) is 17.2 Å². The zero-order valence-electron chi connectivity index (χ0n) is 13.3. The van der Waals surface area contributed by atoms with Gasteiger partial charge in [0.2, 0.25) is 0 Å². The lowest BCUT2D eigenvalue weighted by atomic mass is 10.0. The van der Waals surface area contributed by atoms with Crippen molar-refractivity contribution in [1.29, 1.82) is 5.26 Å². The van der Waals surface area contributed by atoms with E-state index < -0.39 is 23.9 Å². The van der Waals surface area contributed by atoms with Crippen LogP contribution in [0.2, 0.25) is 0 Å². The number of hydrogen-bond donors (Lipinski definition) is 4. The maximum atomic E-state index is 11.9. The standard InChI is InChI=1S/C15H23N3O5/c1-10(2)13(15(22)23)18-14(21)11(8-16)9-17-7-5-3-4-6-12(19)20/h9-10,13,17H,3-7H2,1-2H3,(H,18,21)(H,19,20)(H,22,23)/b11-9-.